The van der Waals surface area contributed by atoms with Crippen LogP contribution in [0, 0.1) is 6.92 Å². The second-order valence-electron chi connectivity index (χ2n) is 10.2. The third-order valence-electron chi connectivity index (χ3n) is 7.12. The predicted octanol–water partition coefficient (Wildman–Crippen LogP) is 6.08. The first-order valence-corrected chi connectivity index (χ1v) is 13.0. The highest BCUT2D eigenvalue weighted by molar-refractivity contribution is 6.02. The van der Waals surface area contributed by atoms with E-state index in [1.165, 1.54) is 35.8 Å². The van der Waals surface area contributed by atoms with Gasteiger partial charge in [-0.2, -0.15) is 0 Å². The van der Waals surface area contributed by atoms with Crippen LogP contribution in [-0.4, -0.2) is 58.3 Å². The Kier molecular flexibility index (Phi) is 7.20. The van der Waals surface area contributed by atoms with Crippen LogP contribution in [0.3, 0.4) is 0 Å². The topological polar surface area (TPSA) is 90.0 Å². The second-order valence-corrected chi connectivity index (χ2v) is 10.2. The van der Waals surface area contributed by atoms with Crippen LogP contribution in [0.4, 0.5) is 0 Å². The summed E-state index contributed by atoms with van der Waals surface area (Å²) in [6.45, 7) is 5.11. The predicted molar refractivity (Wildman–Crippen MR) is 148 cm³/mol. The molecule has 7 nitrogen and oxygen atoms in total. The molecule has 1 aliphatic rings. The van der Waals surface area contributed by atoms with Gasteiger partial charge < -0.3 is 19.6 Å². The van der Waals surface area contributed by atoms with E-state index in [1.807, 2.05) is 43.3 Å². The van der Waals surface area contributed by atoms with Gasteiger partial charge in [-0.1, -0.05) is 65.7 Å². The van der Waals surface area contributed by atoms with Crippen molar-refractivity contribution in [3.63, 3.8) is 0 Å². The maximum absolute atomic E-state index is 13.1. The smallest absolute Gasteiger partial charge is 0.276 e. The number of phenols is 2. The van der Waals surface area contributed by atoms with Gasteiger partial charge in [0, 0.05) is 32.3 Å². The Labute approximate surface area is 222 Å². The van der Waals surface area contributed by atoms with Gasteiger partial charge in [0.05, 0.1) is 11.1 Å². The van der Waals surface area contributed by atoms with Gasteiger partial charge in [0.1, 0.15) is 11.5 Å². The molecule has 7 heteroatoms. The Balaban J connectivity index is 1.59. The number of hydrogen-bond acceptors (Lipinski definition) is 6. The summed E-state index contributed by atoms with van der Waals surface area (Å²) in [4.78, 5) is 17.0. The molecular formula is C31H33N3O4. The number of carbonyl (C=O) groups excluding carboxylic acids is 1. The van der Waals surface area contributed by atoms with Crippen molar-refractivity contribution in [2.75, 3.05) is 27.2 Å². The van der Waals surface area contributed by atoms with Crippen LogP contribution in [-0.2, 0) is 6.54 Å². The minimum Gasteiger partial charge on any atom is -0.507 e. The van der Waals surface area contributed by atoms with Crippen molar-refractivity contribution in [3.8, 4) is 45.1 Å². The van der Waals surface area contributed by atoms with E-state index in [-0.39, 0.29) is 28.9 Å². The number of piperidine rings is 1. The Morgan fingerprint density at radius 3 is 2.18 bits per heavy atom. The normalized spacial score (nSPS) is 14.0. The van der Waals surface area contributed by atoms with Crippen LogP contribution in [0.2, 0.25) is 0 Å². The number of carbonyl (C=O) groups is 1. The molecule has 4 aromatic rings. The number of aryl methyl sites for hydroxylation is 1. The van der Waals surface area contributed by atoms with Crippen molar-refractivity contribution in [2.24, 2.45) is 0 Å². The molecule has 38 heavy (non-hydrogen) atoms. The minimum absolute atomic E-state index is 0.0529. The fourth-order valence-electron chi connectivity index (χ4n) is 4.98. The molecule has 1 amide bonds. The zero-order chi connectivity index (χ0) is 26.8. The Morgan fingerprint density at radius 1 is 0.895 bits per heavy atom. The van der Waals surface area contributed by atoms with Gasteiger partial charge in [0.15, 0.2) is 11.5 Å². The molecule has 0 saturated carbocycles. The lowest BCUT2D eigenvalue weighted by atomic mass is 9.94. The van der Waals surface area contributed by atoms with Crippen LogP contribution >= 0.6 is 0 Å². The van der Waals surface area contributed by atoms with Gasteiger partial charge in [0.25, 0.3) is 5.91 Å². The SMILES string of the molecule is Cc1ccc(-c2cc(-c3onc(C(=O)N(C)C)c3-c3ccc(CN4CCCCC4)cc3)c(O)cc2O)cc1. The van der Waals surface area contributed by atoms with E-state index in [9.17, 15) is 15.0 Å². The first-order valence-electron chi connectivity index (χ1n) is 13.0. The van der Waals surface area contributed by atoms with Crippen molar-refractivity contribution in [1.29, 1.82) is 0 Å². The second kappa shape index (κ2) is 10.7. The highest BCUT2D eigenvalue weighted by Crippen LogP contribution is 2.44. The van der Waals surface area contributed by atoms with Crippen molar-refractivity contribution in [2.45, 2.75) is 32.7 Å². The number of benzene rings is 3. The first-order chi connectivity index (χ1) is 18.3. The molecule has 0 radical (unpaired) electrons. The van der Waals surface area contributed by atoms with Crippen molar-refractivity contribution in [1.82, 2.24) is 15.0 Å². The number of phenolic OH excluding ortho intramolecular Hbond substituents is 2. The third kappa shape index (κ3) is 5.15. The van der Waals surface area contributed by atoms with Gasteiger partial charge in [0.2, 0.25) is 0 Å². The van der Waals surface area contributed by atoms with Gasteiger partial charge >= 0.3 is 0 Å². The van der Waals surface area contributed by atoms with E-state index in [2.05, 4.69) is 22.2 Å². The first kappa shape index (κ1) is 25.5. The summed E-state index contributed by atoms with van der Waals surface area (Å²) in [5.41, 5.74) is 5.40. The fraction of sp³-hybridized carbons (Fsp3) is 0.290. The summed E-state index contributed by atoms with van der Waals surface area (Å²) in [7, 11) is 3.32. The highest BCUT2D eigenvalue weighted by Gasteiger charge is 2.28. The standard InChI is InChI=1S/C31H33N3O4/c1-20-7-11-22(12-8-20)24-17-25(27(36)18-26(24)35)30-28(29(32-38-30)31(37)33(2)3)23-13-9-21(10-14-23)19-34-15-5-4-6-16-34/h7-14,17-18,35-36H,4-6,15-16,19H2,1-3H3. The van der Waals surface area contributed by atoms with E-state index in [0.717, 1.165) is 36.3 Å². The van der Waals surface area contributed by atoms with Gasteiger partial charge in [-0.3, -0.25) is 9.69 Å². The number of aromatic nitrogens is 1. The van der Waals surface area contributed by atoms with Gasteiger partial charge in [-0.15, -0.1) is 0 Å². The van der Waals surface area contributed by atoms with Crippen molar-refractivity contribution >= 4 is 5.91 Å². The maximum atomic E-state index is 13.1. The molecule has 1 saturated heterocycles. The molecule has 2 heterocycles. The van der Waals surface area contributed by atoms with Crippen LogP contribution in [0.5, 0.6) is 11.5 Å². The zero-order valence-electron chi connectivity index (χ0n) is 22.1. The fourth-order valence-corrected chi connectivity index (χ4v) is 4.98. The summed E-state index contributed by atoms with van der Waals surface area (Å²) in [5.74, 6) is -0.251. The molecular weight excluding hydrogens is 478 g/mol. The maximum Gasteiger partial charge on any atom is 0.276 e. The highest BCUT2D eigenvalue weighted by atomic mass is 16.5. The van der Waals surface area contributed by atoms with Crippen LogP contribution in [0.15, 0.2) is 65.2 Å². The monoisotopic (exact) mass is 511 g/mol. The molecule has 0 atom stereocenters. The third-order valence-corrected chi connectivity index (χ3v) is 7.12. The Bertz CT molecular complexity index is 1430. The molecule has 1 aromatic heterocycles. The van der Waals surface area contributed by atoms with E-state index < -0.39 is 0 Å². The summed E-state index contributed by atoms with van der Waals surface area (Å²) in [6, 6.07) is 18.8. The summed E-state index contributed by atoms with van der Waals surface area (Å²) >= 11 is 0. The Hall–Kier alpha value is -4.10. The quantitative estimate of drug-likeness (QED) is 0.326. The van der Waals surface area contributed by atoms with Crippen LogP contribution < -0.4 is 0 Å². The van der Waals surface area contributed by atoms with Crippen LogP contribution in [0.1, 0.15) is 40.9 Å². The minimum atomic E-state index is -0.301. The molecule has 2 N–H and O–H groups in total. The summed E-state index contributed by atoms with van der Waals surface area (Å²) in [5, 5.41) is 25.6. The van der Waals surface area contributed by atoms with E-state index >= 15 is 0 Å². The van der Waals surface area contributed by atoms with Crippen molar-refractivity contribution in [3.05, 3.63) is 77.5 Å². The summed E-state index contributed by atoms with van der Waals surface area (Å²) in [6.07, 6.45) is 3.77. The molecule has 196 valence electrons. The molecule has 3 aromatic carbocycles. The number of aromatic hydroxyl groups is 2. The molecule has 0 bridgehead atoms. The van der Waals surface area contributed by atoms with Crippen LogP contribution in [0.25, 0.3) is 33.6 Å². The number of rotatable bonds is 6. The van der Waals surface area contributed by atoms with E-state index in [1.54, 1.807) is 20.2 Å². The molecule has 5 rings (SSSR count). The molecule has 1 fully saturated rings. The van der Waals surface area contributed by atoms with E-state index in [4.69, 9.17) is 4.52 Å². The number of likely N-dealkylation sites (tertiary alicyclic amines) is 1. The Morgan fingerprint density at radius 2 is 1.53 bits per heavy atom. The molecule has 0 unspecified atom stereocenters. The van der Waals surface area contributed by atoms with E-state index in [0.29, 0.717) is 16.7 Å². The lowest BCUT2D eigenvalue weighted by Crippen LogP contribution is -2.29. The lowest BCUT2D eigenvalue weighted by Gasteiger charge is -2.26. The number of hydrogen-bond donors (Lipinski definition) is 2. The van der Waals surface area contributed by atoms with Gasteiger partial charge in [-0.05, 0) is 55.6 Å². The van der Waals surface area contributed by atoms with Gasteiger partial charge in [-0.25, -0.2) is 0 Å². The largest absolute Gasteiger partial charge is 0.507 e. The van der Waals surface area contributed by atoms with Crippen molar-refractivity contribution < 1.29 is 19.5 Å². The molecule has 1 aliphatic heterocycles. The average Bonchev–Trinajstić information content (AvgIpc) is 3.35. The zero-order valence-corrected chi connectivity index (χ0v) is 22.1. The molecule has 0 spiro atoms. The average molecular weight is 512 g/mol. The summed E-state index contributed by atoms with van der Waals surface area (Å²) < 4.78 is 5.74. The lowest BCUT2D eigenvalue weighted by molar-refractivity contribution is 0.0818. The molecule has 0 aliphatic carbocycles. The number of amides is 1. The number of nitrogens with zero attached hydrogens (tertiary/aromatic N) is 3.